The minimum absolute atomic E-state index is 0. The monoisotopic (exact) mass is 798 g/mol. The van der Waals surface area contributed by atoms with Crippen LogP contribution >= 0.6 is 0 Å². The largest absolute Gasteiger partial charge is 0 e. The van der Waals surface area contributed by atoms with Gasteiger partial charge < -0.3 is 0 Å². The molecule has 0 N–H and O–H groups in total. The van der Waals surface area contributed by atoms with E-state index >= 15 is 0 Å². The summed E-state index contributed by atoms with van der Waals surface area (Å²) in [5, 5.41) is 0. The topological polar surface area (TPSA) is 0 Å². The van der Waals surface area contributed by atoms with Gasteiger partial charge in [0.2, 0.25) is 0 Å². The fraction of sp³-hybridized carbons (Fsp3) is 0. The maximum Gasteiger partial charge on any atom is 0 e. The van der Waals surface area contributed by atoms with Crippen molar-refractivity contribution in [1.82, 2.24) is 0 Å². The molecule has 48 valence electrons. The first kappa shape index (κ1) is 56.8. The molecule has 0 aromatic heterocycles. The maximum absolute atomic E-state index is 0. The predicted molar refractivity (Wildman–Crippen MR) is 38.4 cm³/mol. The molecule has 0 atom stereocenters. The Balaban J connectivity index is 0. The molecule has 0 spiro atoms. The van der Waals surface area contributed by atoms with Crippen LogP contribution in [0.3, 0.4) is 0 Å². The summed E-state index contributed by atoms with van der Waals surface area (Å²) in [6, 6.07) is 0. The quantitative estimate of drug-likeness (QED) is 0.218. The van der Waals surface area contributed by atoms with Crippen LogP contribution in [0.5, 0.6) is 0 Å². The van der Waals surface area contributed by atoms with Crippen molar-refractivity contribution in [2.45, 2.75) is 0 Å². The molecule has 0 aromatic carbocycles. The number of hydrogen-bond acceptors (Lipinski definition) is 0. The van der Waals surface area contributed by atoms with Gasteiger partial charge in [0.15, 0.2) is 0 Å². The second-order valence-electron chi connectivity index (χ2n) is 0. The van der Waals surface area contributed by atoms with Gasteiger partial charge in [-0.1, -0.05) is 0 Å². The second kappa shape index (κ2) is 43.2. The van der Waals surface area contributed by atoms with Crippen LogP contribution in [0.2, 0.25) is 0 Å². The second-order valence-corrected chi connectivity index (χ2v) is 0. The molecule has 4 radical (unpaired) electrons. The summed E-state index contributed by atoms with van der Waals surface area (Å²) in [5.74, 6) is 0. The average molecular weight is 799 g/mol. The molecule has 0 aliphatic rings. The Bertz CT molecular complexity index is 19.7. The molecular formula is H11AgBiGaInRhSnZn. The summed E-state index contributed by atoms with van der Waals surface area (Å²) in [6.07, 6.45) is 0. The fourth-order valence-corrected chi connectivity index (χ4v) is 0. The van der Waals surface area contributed by atoms with E-state index in [4.69, 9.17) is 0 Å². The van der Waals surface area contributed by atoms with E-state index in [2.05, 4.69) is 0 Å². The van der Waals surface area contributed by atoms with Crippen LogP contribution in [0.4, 0.5) is 0 Å². The van der Waals surface area contributed by atoms with Gasteiger partial charge in [-0.3, -0.25) is 0 Å². The van der Waals surface area contributed by atoms with E-state index in [1.165, 1.54) is 0 Å². The molecular weight excluding hydrogens is 788 g/mol. The van der Waals surface area contributed by atoms with Gasteiger partial charge in [0, 0.05) is 61.3 Å². The molecule has 0 saturated carbocycles. The minimum Gasteiger partial charge on any atom is 0 e. The van der Waals surface area contributed by atoms with Gasteiger partial charge in [-0.05, 0) is 0 Å². The first-order valence-electron chi connectivity index (χ1n) is 0. The van der Waals surface area contributed by atoms with Crippen LogP contribution in [-0.2, 0) is 61.3 Å². The van der Waals surface area contributed by atoms with Crippen molar-refractivity contribution in [3.8, 4) is 0 Å². The number of hydrogen-bond donors (Lipinski definition) is 0. The summed E-state index contributed by atoms with van der Waals surface area (Å²) >= 11 is 0. The van der Waals surface area contributed by atoms with Gasteiger partial charge >= 0.3 is 95.7 Å². The molecule has 0 bridgehead atoms. The molecule has 7 heavy (non-hydrogen) atoms. The van der Waals surface area contributed by atoms with Crippen molar-refractivity contribution in [3.63, 3.8) is 0 Å². The third kappa shape index (κ3) is 35.1. The zero-order valence-electron chi connectivity index (χ0n) is 2.76. The molecule has 0 amide bonds. The maximum atomic E-state index is 0. The Hall–Kier alpha value is 5.18. The van der Waals surface area contributed by atoms with Gasteiger partial charge in [0.05, 0.1) is 0 Å². The van der Waals surface area contributed by atoms with E-state index in [0.29, 0.717) is 0 Å². The molecule has 0 rings (SSSR count). The van der Waals surface area contributed by atoms with Crippen LogP contribution in [-0.4, -0.2) is 95.7 Å². The average Bonchev–Trinajstić information content (AvgIpc) is 0. The molecule has 0 aliphatic heterocycles. The normalized spacial score (nSPS) is 0. The molecule has 0 nitrogen and oxygen atoms in total. The van der Waals surface area contributed by atoms with E-state index in [9.17, 15) is 0 Å². The third-order valence-electron chi connectivity index (χ3n) is 0. The SMILES string of the molecule is [Ag].[BiH3].[GaH3].[InH3].[Rh].[SnH2].[Zn]. The van der Waals surface area contributed by atoms with Crippen molar-refractivity contribution in [2.24, 2.45) is 0 Å². The zero-order chi connectivity index (χ0) is 0. The van der Waals surface area contributed by atoms with Crippen molar-refractivity contribution < 1.29 is 61.3 Å². The summed E-state index contributed by atoms with van der Waals surface area (Å²) < 4.78 is 0. The van der Waals surface area contributed by atoms with E-state index < -0.39 is 0 Å². The van der Waals surface area contributed by atoms with Crippen molar-refractivity contribution in [1.29, 1.82) is 0 Å². The van der Waals surface area contributed by atoms with E-state index in [0.717, 1.165) is 0 Å². The summed E-state index contributed by atoms with van der Waals surface area (Å²) in [7, 11) is 0. The zero-order valence-corrected chi connectivity index (χ0v) is 18.4. The minimum atomic E-state index is 0. The van der Waals surface area contributed by atoms with Crippen LogP contribution < -0.4 is 0 Å². The van der Waals surface area contributed by atoms with E-state index in [1.807, 2.05) is 0 Å². The van der Waals surface area contributed by atoms with Gasteiger partial charge in [-0.2, -0.15) is 0 Å². The third-order valence-corrected chi connectivity index (χ3v) is 0. The predicted octanol–water partition coefficient (Wildman–Crippen LogP) is -4.48. The van der Waals surface area contributed by atoms with Crippen molar-refractivity contribution in [3.05, 3.63) is 0 Å². The molecule has 0 aromatic rings. The Morgan fingerprint density at radius 3 is 1.00 bits per heavy atom. The molecule has 0 fully saturated rings. The first-order valence-corrected chi connectivity index (χ1v) is 0. The van der Waals surface area contributed by atoms with Crippen LogP contribution in [0.15, 0.2) is 0 Å². The van der Waals surface area contributed by atoms with Crippen LogP contribution in [0.25, 0.3) is 0 Å². The summed E-state index contributed by atoms with van der Waals surface area (Å²) in [5.41, 5.74) is 0. The van der Waals surface area contributed by atoms with Crippen LogP contribution in [0.1, 0.15) is 0 Å². The Morgan fingerprint density at radius 1 is 1.00 bits per heavy atom. The van der Waals surface area contributed by atoms with Gasteiger partial charge in [-0.25, -0.2) is 0 Å². The first-order chi connectivity index (χ1) is 0. The molecule has 7 heteroatoms. The fourth-order valence-electron chi connectivity index (χ4n) is 0. The Kier molecular flexibility index (Phi) is 350. The number of rotatable bonds is 0. The van der Waals surface area contributed by atoms with E-state index in [-0.39, 0.29) is 157 Å². The molecule has 0 unspecified atom stereocenters. The van der Waals surface area contributed by atoms with Crippen molar-refractivity contribution in [2.75, 3.05) is 0 Å². The van der Waals surface area contributed by atoms with Gasteiger partial charge in [0.25, 0.3) is 0 Å². The van der Waals surface area contributed by atoms with Gasteiger partial charge in [-0.15, -0.1) is 0 Å². The smallest absolute Gasteiger partial charge is 0 e. The molecule has 0 saturated heterocycles. The summed E-state index contributed by atoms with van der Waals surface area (Å²) in [4.78, 5) is 0. The Morgan fingerprint density at radius 2 is 1.00 bits per heavy atom. The Labute approximate surface area is 153 Å². The standard InChI is InChI=1S/Ag.Bi.Ga.In.Rh.Sn.Zn.11H. The molecule has 0 aliphatic carbocycles. The van der Waals surface area contributed by atoms with Gasteiger partial charge in [0.1, 0.15) is 0 Å². The van der Waals surface area contributed by atoms with E-state index in [1.54, 1.807) is 0 Å². The van der Waals surface area contributed by atoms with Crippen LogP contribution in [0, 0.1) is 0 Å². The van der Waals surface area contributed by atoms with Crippen molar-refractivity contribution >= 4 is 95.7 Å². The summed E-state index contributed by atoms with van der Waals surface area (Å²) in [6.45, 7) is 0. The molecule has 0 heterocycles.